The second-order valence-corrected chi connectivity index (χ2v) is 8.03. The predicted molar refractivity (Wildman–Crippen MR) is 129 cm³/mol. The van der Waals surface area contributed by atoms with Crippen molar-refractivity contribution in [2.75, 3.05) is 20.3 Å². The fourth-order valence-corrected chi connectivity index (χ4v) is 4.01. The Morgan fingerprint density at radius 1 is 1.18 bits per heavy atom. The van der Waals surface area contributed by atoms with Crippen molar-refractivity contribution in [1.82, 2.24) is 0 Å². The largest absolute Gasteiger partial charge is 0.506 e. The molecule has 1 aliphatic rings. The summed E-state index contributed by atoms with van der Waals surface area (Å²) in [5.41, 5.74) is 1.81. The molecule has 1 heterocycles. The van der Waals surface area contributed by atoms with Gasteiger partial charge in [-0.2, -0.15) is 5.26 Å². The molecule has 8 nitrogen and oxygen atoms in total. The molecule has 0 unspecified atom stereocenters. The Bertz CT molecular complexity index is 1240. The quantitative estimate of drug-likeness (QED) is 0.573. The molecule has 2 aromatic carbocycles. The topological polar surface area (TPSA) is 118 Å². The van der Waals surface area contributed by atoms with Crippen LogP contribution in [0, 0.1) is 18.3 Å². The number of ether oxygens (including phenoxy) is 3. The Morgan fingerprint density at radius 2 is 1.91 bits per heavy atom. The molecule has 1 N–H and O–H groups in total. The van der Waals surface area contributed by atoms with Crippen LogP contribution >= 0.6 is 11.8 Å². The predicted octanol–water partition coefficient (Wildman–Crippen LogP) is 4.61. The van der Waals surface area contributed by atoms with Gasteiger partial charge in [0.05, 0.1) is 18.6 Å². The Hall–Kier alpha value is -4.03. The van der Waals surface area contributed by atoms with Gasteiger partial charge in [-0.25, -0.2) is 9.79 Å². The highest BCUT2D eigenvalue weighted by Crippen LogP contribution is 2.40. The summed E-state index contributed by atoms with van der Waals surface area (Å²) in [7, 11) is 1.47. The van der Waals surface area contributed by atoms with E-state index in [9.17, 15) is 14.7 Å². The van der Waals surface area contributed by atoms with Crippen molar-refractivity contribution in [2.24, 2.45) is 4.99 Å². The van der Waals surface area contributed by atoms with Crippen LogP contribution in [0.3, 0.4) is 0 Å². The van der Waals surface area contributed by atoms with Crippen LogP contribution < -0.4 is 9.47 Å². The lowest BCUT2D eigenvalue weighted by Gasteiger charge is -2.09. The van der Waals surface area contributed by atoms with E-state index in [0.29, 0.717) is 27.5 Å². The van der Waals surface area contributed by atoms with Crippen LogP contribution in [-0.2, 0) is 9.53 Å². The minimum absolute atomic E-state index is 0.0497. The number of amides is 1. The van der Waals surface area contributed by atoms with Gasteiger partial charge in [-0.15, -0.1) is 0 Å². The molecule has 0 saturated heterocycles. The third-order valence-corrected chi connectivity index (χ3v) is 5.67. The summed E-state index contributed by atoms with van der Waals surface area (Å²) in [4.78, 5) is 29.6. The molecule has 0 bridgehead atoms. The number of benzene rings is 2. The first-order chi connectivity index (χ1) is 16.4. The van der Waals surface area contributed by atoms with Crippen LogP contribution in [0.2, 0.25) is 0 Å². The average Bonchev–Trinajstić information content (AvgIpc) is 3.12. The molecule has 9 heteroatoms. The smallest absolute Gasteiger partial charge is 0.344 e. The van der Waals surface area contributed by atoms with E-state index in [-0.39, 0.29) is 29.6 Å². The normalized spacial score (nSPS) is 15.4. The van der Waals surface area contributed by atoms with Gasteiger partial charge in [0, 0.05) is 5.56 Å². The number of esters is 1. The molecule has 0 fully saturated rings. The van der Waals surface area contributed by atoms with E-state index < -0.39 is 11.9 Å². The van der Waals surface area contributed by atoms with E-state index >= 15 is 0 Å². The molecule has 0 spiro atoms. The molecule has 174 valence electrons. The van der Waals surface area contributed by atoms with E-state index in [4.69, 9.17) is 19.5 Å². The number of carbonyl (C=O) groups is 2. The first-order valence-corrected chi connectivity index (χ1v) is 11.1. The molecule has 0 aromatic heterocycles. The number of aliphatic imine (C=N–C) groups is 1. The number of rotatable bonds is 7. The minimum Gasteiger partial charge on any atom is -0.506 e. The molecule has 0 atom stereocenters. The molecule has 2 aromatic rings. The van der Waals surface area contributed by atoms with Gasteiger partial charge >= 0.3 is 5.97 Å². The van der Waals surface area contributed by atoms with Crippen LogP contribution in [0.15, 0.2) is 63.7 Å². The molecule has 34 heavy (non-hydrogen) atoms. The Balaban J connectivity index is 1.98. The molecule has 3 rings (SSSR count). The van der Waals surface area contributed by atoms with E-state index in [1.165, 1.54) is 7.11 Å². The summed E-state index contributed by atoms with van der Waals surface area (Å²) in [6.45, 7) is 3.51. The van der Waals surface area contributed by atoms with Gasteiger partial charge in [0.25, 0.3) is 5.91 Å². The van der Waals surface area contributed by atoms with Crippen LogP contribution in [0.25, 0.3) is 6.08 Å². The Kier molecular flexibility index (Phi) is 8.11. The maximum atomic E-state index is 12.7. The van der Waals surface area contributed by atoms with Crippen molar-refractivity contribution in [3.63, 3.8) is 0 Å². The summed E-state index contributed by atoms with van der Waals surface area (Å²) < 4.78 is 15.7. The van der Waals surface area contributed by atoms with Gasteiger partial charge in [0.15, 0.2) is 18.1 Å². The fraction of sp³-hybridized carbons (Fsp3) is 0.200. The first kappa shape index (κ1) is 24.6. The molecule has 1 amide bonds. The Morgan fingerprint density at radius 3 is 2.56 bits per heavy atom. The van der Waals surface area contributed by atoms with Crippen molar-refractivity contribution in [2.45, 2.75) is 13.8 Å². The number of aryl methyl sites for hydroxylation is 1. The number of nitriles is 1. The highest BCUT2D eigenvalue weighted by Gasteiger charge is 2.34. The Labute approximate surface area is 201 Å². The van der Waals surface area contributed by atoms with Crippen molar-refractivity contribution >= 4 is 34.8 Å². The van der Waals surface area contributed by atoms with E-state index in [1.807, 2.05) is 13.0 Å². The van der Waals surface area contributed by atoms with Crippen molar-refractivity contribution in [3.05, 3.63) is 75.4 Å². The first-order valence-electron chi connectivity index (χ1n) is 10.3. The second kappa shape index (κ2) is 11.2. The summed E-state index contributed by atoms with van der Waals surface area (Å²) in [5.74, 6) is -0.862. The maximum absolute atomic E-state index is 12.7. The number of hydrogen-bond acceptors (Lipinski definition) is 8. The lowest BCUT2D eigenvalue weighted by molar-refractivity contribution is -0.138. The van der Waals surface area contributed by atoms with Crippen molar-refractivity contribution in [1.29, 1.82) is 5.26 Å². The van der Waals surface area contributed by atoms with Crippen LogP contribution in [0.4, 0.5) is 0 Å². The lowest BCUT2D eigenvalue weighted by atomic mass is 10.1. The minimum atomic E-state index is -0.774. The standard InChI is InChI=1S/C25H22N2O6S/c1-4-32-25(30)21-22(28)20(14-16-7-10-18(33-12-11-26)19(13-16)31-3)34-24(21)27-23(29)17-8-5-15(2)6-9-17/h5-10,13-14,28H,4,12H2,1-3H3/b20-14-,27-24?. The molecule has 0 saturated carbocycles. The van der Waals surface area contributed by atoms with Crippen LogP contribution in [-0.4, -0.2) is 42.4 Å². The van der Waals surface area contributed by atoms with Crippen molar-refractivity contribution < 1.29 is 28.9 Å². The molecular weight excluding hydrogens is 456 g/mol. The van der Waals surface area contributed by atoms with E-state index in [2.05, 4.69) is 4.99 Å². The summed E-state index contributed by atoms with van der Waals surface area (Å²) in [6, 6.07) is 13.8. The van der Waals surface area contributed by atoms with Gasteiger partial charge in [-0.3, -0.25) is 4.79 Å². The number of aliphatic hydroxyl groups excluding tert-OH is 1. The highest BCUT2D eigenvalue weighted by atomic mass is 32.2. The fourth-order valence-electron chi connectivity index (χ4n) is 3.00. The number of methoxy groups -OCH3 is 1. The van der Waals surface area contributed by atoms with Gasteiger partial charge in [-0.1, -0.05) is 35.5 Å². The molecular formula is C25H22N2O6S. The number of thioether (sulfide) groups is 1. The van der Waals surface area contributed by atoms with Gasteiger partial charge in [-0.05, 0) is 49.8 Å². The number of nitrogens with zero attached hydrogens (tertiary/aromatic N) is 2. The average molecular weight is 479 g/mol. The van der Waals surface area contributed by atoms with Crippen LogP contribution in [0.5, 0.6) is 11.5 Å². The second-order valence-electron chi connectivity index (χ2n) is 7.00. The van der Waals surface area contributed by atoms with Gasteiger partial charge in [0.2, 0.25) is 0 Å². The monoisotopic (exact) mass is 478 g/mol. The van der Waals surface area contributed by atoms with E-state index in [1.54, 1.807) is 55.5 Å². The summed E-state index contributed by atoms with van der Waals surface area (Å²) in [6.07, 6.45) is 1.62. The third-order valence-electron chi connectivity index (χ3n) is 4.65. The third kappa shape index (κ3) is 5.66. The number of carbonyl (C=O) groups excluding carboxylic acids is 2. The zero-order chi connectivity index (χ0) is 24.7. The maximum Gasteiger partial charge on any atom is 0.344 e. The van der Waals surface area contributed by atoms with Gasteiger partial charge < -0.3 is 19.3 Å². The summed E-state index contributed by atoms with van der Waals surface area (Å²) in [5, 5.41) is 19.6. The molecule has 0 radical (unpaired) electrons. The van der Waals surface area contributed by atoms with Gasteiger partial charge in [0.1, 0.15) is 22.4 Å². The zero-order valence-corrected chi connectivity index (χ0v) is 19.6. The van der Waals surface area contributed by atoms with E-state index in [0.717, 1.165) is 17.3 Å². The molecule has 0 aliphatic carbocycles. The lowest BCUT2D eigenvalue weighted by Crippen LogP contribution is -2.14. The van der Waals surface area contributed by atoms with Crippen LogP contribution in [0.1, 0.15) is 28.4 Å². The number of aliphatic hydroxyl groups is 1. The number of hydrogen-bond donors (Lipinski definition) is 1. The SMILES string of the molecule is CCOC(=O)C1=C(O)/C(=C/c2ccc(OCC#N)c(OC)c2)SC1=NC(=O)c1ccc(C)cc1. The summed E-state index contributed by atoms with van der Waals surface area (Å²) >= 11 is 0.984. The van der Waals surface area contributed by atoms with Crippen molar-refractivity contribution in [3.8, 4) is 17.6 Å². The molecule has 1 aliphatic heterocycles. The highest BCUT2D eigenvalue weighted by molar-refractivity contribution is 8.18. The zero-order valence-electron chi connectivity index (χ0n) is 18.8.